The normalized spacial score (nSPS) is 21.4. The van der Waals surface area contributed by atoms with Gasteiger partial charge in [-0.25, -0.2) is 0 Å². The van der Waals surface area contributed by atoms with Gasteiger partial charge in [-0.1, -0.05) is 0 Å². The first-order valence-corrected chi connectivity index (χ1v) is 14.3. The van der Waals surface area contributed by atoms with Crippen LogP contribution in [0.2, 0.25) is 0 Å². The molecule has 2 aliphatic rings. The molecule has 2 aromatic rings. The standard InChI is InChI=1S/C18H18N8O8S2Se/c1-25-18(22-12(28)13(29)23-25)35-3-6-4-36(33)15-9(14(30)26(15)10(6)16(31)32)21-11(27)8(24-34-2)7-5-37-17(19)20-7/h5,9,15H,3-4H2,1-2H3,(H2,19,20)(H,21,27)(H,23,29)(H,31,32)/b24-8-/t9-,15-,36?/m1/s1. The second-order valence-electron chi connectivity index (χ2n) is 7.51. The number of rotatable bonds is 8. The molecule has 4 rings (SSSR count). The van der Waals surface area contributed by atoms with Crippen LogP contribution in [-0.2, 0) is 37.1 Å². The van der Waals surface area contributed by atoms with E-state index in [1.807, 2.05) is 0 Å². The van der Waals surface area contributed by atoms with Crippen molar-refractivity contribution >= 4 is 65.3 Å². The van der Waals surface area contributed by atoms with E-state index in [2.05, 4.69) is 25.5 Å². The Morgan fingerprint density at radius 1 is 1.41 bits per heavy atom. The first-order chi connectivity index (χ1) is 17.5. The number of nitrogens with one attached hydrogen (secondary N) is 2. The molecule has 0 radical (unpaired) electrons. The van der Waals surface area contributed by atoms with Crippen molar-refractivity contribution in [1.29, 1.82) is 0 Å². The minimum atomic E-state index is -1.78. The summed E-state index contributed by atoms with van der Waals surface area (Å²) in [5.74, 6) is -3.31. The molecule has 0 spiro atoms. The molecular formula is C18H18N8O8S2Se. The predicted molar refractivity (Wildman–Crippen MR) is 130 cm³/mol. The van der Waals surface area contributed by atoms with E-state index in [0.29, 0.717) is 4.69 Å². The first kappa shape index (κ1) is 26.5. The van der Waals surface area contributed by atoms with Crippen molar-refractivity contribution in [1.82, 2.24) is 30.0 Å². The van der Waals surface area contributed by atoms with E-state index >= 15 is 0 Å². The zero-order chi connectivity index (χ0) is 27.0. The fraction of sp³-hybridized carbons (Fsp3) is 0.333. The molecule has 16 nitrogen and oxygen atoms in total. The van der Waals surface area contributed by atoms with Gasteiger partial charge in [0, 0.05) is 7.05 Å². The van der Waals surface area contributed by atoms with Crippen LogP contribution in [0, 0.1) is 0 Å². The molecule has 2 aliphatic heterocycles. The molecule has 5 N–H and O–H groups in total. The third-order valence-electron chi connectivity index (χ3n) is 5.18. The Morgan fingerprint density at radius 2 is 2.14 bits per heavy atom. The predicted octanol–water partition coefficient (Wildman–Crippen LogP) is -3.60. The summed E-state index contributed by atoms with van der Waals surface area (Å²) in [6, 6.07) is -1.27. The number of carboxylic acid groups (broad SMARTS) is 1. The Balaban J connectivity index is 1.56. The van der Waals surface area contributed by atoms with Gasteiger partial charge in [-0.05, 0) is 0 Å². The fourth-order valence-corrected chi connectivity index (χ4v) is 7.50. The van der Waals surface area contributed by atoms with Crippen molar-refractivity contribution in [2.75, 3.05) is 24.3 Å². The van der Waals surface area contributed by atoms with E-state index in [1.165, 1.54) is 18.8 Å². The molecule has 0 aliphatic carbocycles. The van der Waals surface area contributed by atoms with Crippen molar-refractivity contribution in [3.05, 3.63) is 42.6 Å². The summed E-state index contributed by atoms with van der Waals surface area (Å²) in [5.41, 5.74) is 3.46. The average Bonchev–Trinajstić information content (AvgIpc) is 3.27. The number of β-lactam (4-membered cyclic amide) rings is 1. The van der Waals surface area contributed by atoms with Gasteiger partial charge in [0.1, 0.15) is 0 Å². The topological polar surface area (TPSA) is 232 Å². The van der Waals surface area contributed by atoms with E-state index in [0.717, 1.165) is 16.7 Å². The van der Waals surface area contributed by atoms with Crippen LogP contribution < -0.4 is 22.2 Å². The Morgan fingerprint density at radius 3 is 2.76 bits per heavy atom. The van der Waals surface area contributed by atoms with Crippen molar-refractivity contribution in [3.8, 4) is 0 Å². The van der Waals surface area contributed by atoms with Crippen molar-refractivity contribution in [2.24, 2.45) is 12.2 Å². The van der Waals surface area contributed by atoms with Gasteiger partial charge in [0.2, 0.25) is 0 Å². The number of aromatic nitrogens is 4. The van der Waals surface area contributed by atoms with Crippen LogP contribution in [0.15, 0.2) is 36.1 Å². The summed E-state index contributed by atoms with van der Waals surface area (Å²) >= 11 is 0.651. The van der Waals surface area contributed by atoms with Gasteiger partial charge in [-0.3, -0.25) is 19.4 Å². The van der Waals surface area contributed by atoms with Crippen molar-refractivity contribution in [3.63, 3.8) is 0 Å². The van der Waals surface area contributed by atoms with E-state index in [1.54, 1.807) is 4.94 Å². The summed E-state index contributed by atoms with van der Waals surface area (Å²) in [6.07, 6.45) is 0. The number of amides is 2. The van der Waals surface area contributed by atoms with Crippen LogP contribution in [0.3, 0.4) is 0 Å². The first-order valence-electron chi connectivity index (χ1n) is 10.1. The van der Waals surface area contributed by atoms with Gasteiger partial charge in [0.15, 0.2) is 5.16 Å². The number of carbonyl (C=O) groups excluding carboxylic acids is 2. The third-order valence-corrected chi connectivity index (χ3v) is 9.36. The van der Waals surface area contributed by atoms with E-state index in [9.17, 15) is 33.3 Å². The van der Waals surface area contributed by atoms with Crippen LogP contribution in [-0.4, -0.2) is 102 Å². The average molecular weight is 617 g/mol. The van der Waals surface area contributed by atoms with Crippen molar-refractivity contribution in [2.45, 2.75) is 16.6 Å². The number of oxime groups is 1. The van der Waals surface area contributed by atoms with Crippen LogP contribution in [0.25, 0.3) is 0 Å². The monoisotopic (exact) mass is 618 g/mol. The number of nitrogens with zero attached hydrogens (tertiary/aromatic N) is 5. The molecule has 19 heteroatoms. The molecule has 0 aromatic carbocycles. The number of aliphatic carboxylic acids is 1. The van der Waals surface area contributed by atoms with Gasteiger partial charge in [0.25, 0.3) is 0 Å². The Bertz CT molecular complexity index is 1510. The van der Waals surface area contributed by atoms with Crippen molar-refractivity contribution < 1.29 is 28.5 Å². The summed E-state index contributed by atoms with van der Waals surface area (Å²) in [6.45, 7) is 0. The number of anilines is 1. The van der Waals surface area contributed by atoms with E-state index in [4.69, 9.17) is 10.6 Å². The number of thioether (sulfide) groups is 1. The second kappa shape index (κ2) is 10.4. The molecule has 1 fully saturated rings. The quantitative estimate of drug-likeness (QED) is 0.0562. The molecule has 2 aromatic heterocycles. The Hall–Kier alpha value is -3.54. The third kappa shape index (κ3) is 5.02. The number of carbonyl (C=O) groups is 3. The van der Waals surface area contributed by atoms with E-state index in [-0.39, 0.29) is 53.8 Å². The summed E-state index contributed by atoms with van der Waals surface area (Å²) in [7, 11) is 0.878. The summed E-state index contributed by atoms with van der Waals surface area (Å²) < 4.78 is 14.6. The molecule has 2 amide bonds. The van der Waals surface area contributed by atoms with Gasteiger partial charge >= 0.3 is 183 Å². The maximum absolute atomic E-state index is 13.1. The molecule has 4 heterocycles. The Kier molecular flexibility index (Phi) is 7.49. The number of hydrogen-bond acceptors (Lipinski definition) is 12. The minimum absolute atomic E-state index is 0.0762. The molecule has 1 saturated heterocycles. The van der Waals surface area contributed by atoms with Gasteiger partial charge in [0.05, 0.1) is 0 Å². The molecule has 0 bridgehead atoms. The maximum atomic E-state index is 13.1. The molecule has 3 atom stereocenters. The number of aromatic amines is 1. The second-order valence-corrected chi connectivity index (χ2v) is 11.9. The number of carboxylic acids is 1. The summed E-state index contributed by atoms with van der Waals surface area (Å²) in [4.78, 5) is 75.7. The number of hydrogen-bond donors (Lipinski definition) is 4. The SMILES string of the molecule is CO/N=C(\C(=O)N[C@@H]1C(=O)N2C(C(=O)O)=C(CSc3nc(=O)c(=O)[nH]n3C)CS(=O)[C@H]12)c1c[se]c(N)n1. The van der Waals surface area contributed by atoms with Crippen LogP contribution in [0.5, 0.6) is 0 Å². The zero-order valence-corrected chi connectivity index (χ0v) is 22.3. The molecule has 0 saturated carbocycles. The molecular weight excluding hydrogens is 599 g/mol. The van der Waals surface area contributed by atoms with Crippen LogP contribution in [0.1, 0.15) is 5.69 Å². The fourth-order valence-electron chi connectivity index (χ4n) is 3.61. The zero-order valence-electron chi connectivity index (χ0n) is 19.0. The number of fused-ring (bicyclic) bond motifs is 1. The van der Waals surface area contributed by atoms with Crippen LogP contribution >= 0.6 is 11.8 Å². The molecule has 196 valence electrons. The van der Waals surface area contributed by atoms with Gasteiger partial charge in [-0.2, -0.15) is 4.98 Å². The number of aryl methyl sites for hydroxylation is 1. The van der Waals surface area contributed by atoms with Gasteiger partial charge in [-0.15, -0.1) is 0 Å². The van der Waals surface area contributed by atoms with Crippen LogP contribution in [0.4, 0.5) is 4.69 Å². The number of nitrogen functional groups attached to an aromatic ring is 1. The molecule has 37 heavy (non-hydrogen) atoms. The summed E-state index contributed by atoms with van der Waals surface area (Å²) in [5, 5.41) is 17.2. The Labute approximate surface area is 219 Å². The molecule has 1 unspecified atom stereocenters. The number of H-pyrrole nitrogens is 1. The van der Waals surface area contributed by atoms with E-state index < -0.39 is 51.1 Å². The number of nitrogens with two attached hydrogens (primary N) is 1. The van der Waals surface area contributed by atoms with Gasteiger partial charge < -0.3 is 0 Å².